The van der Waals surface area contributed by atoms with E-state index < -0.39 is 26.6 Å². The van der Waals surface area contributed by atoms with E-state index in [0.717, 1.165) is 83.5 Å². The van der Waals surface area contributed by atoms with E-state index >= 15 is 0 Å². The molecule has 0 aliphatic carbocycles. The average molecular weight is 733 g/mol. The molecule has 0 aliphatic heterocycles. The van der Waals surface area contributed by atoms with E-state index in [2.05, 4.69) is 92.1 Å². The predicted molar refractivity (Wildman–Crippen MR) is 214 cm³/mol. The highest BCUT2D eigenvalue weighted by Gasteiger charge is 2.23. The van der Waals surface area contributed by atoms with Crippen LogP contribution in [0.15, 0.2) is 85.1 Å². The van der Waals surface area contributed by atoms with Crippen molar-refractivity contribution < 1.29 is 32.9 Å². The summed E-state index contributed by atoms with van der Waals surface area (Å²) >= 11 is 0. The number of rotatable bonds is 33. The first-order chi connectivity index (χ1) is 24.5. The average Bonchev–Trinajstić information content (AvgIpc) is 3.07. The molecule has 9 heteroatoms. The molecule has 0 rings (SSSR count). The number of hydrogen-bond acceptors (Lipinski definition) is 6. The zero-order chi connectivity index (χ0) is 37.9. The van der Waals surface area contributed by atoms with Crippen LogP contribution in [0.3, 0.4) is 0 Å². The van der Waals surface area contributed by atoms with Crippen LogP contribution < -0.4 is 10.2 Å². The number of quaternary nitrogens is 1. The summed E-state index contributed by atoms with van der Waals surface area (Å²) in [4.78, 5) is 25.2. The third-order valence-corrected chi connectivity index (χ3v) is 8.78. The number of amides is 1. The second-order valence-electron chi connectivity index (χ2n) is 13.9. The second kappa shape index (κ2) is 33.5. The lowest BCUT2D eigenvalue weighted by molar-refractivity contribution is -0.870. The van der Waals surface area contributed by atoms with E-state index in [9.17, 15) is 19.4 Å². The quantitative estimate of drug-likeness (QED) is 0.0301. The summed E-state index contributed by atoms with van der Waals surface area (Å²) in [5.74, 6) is -0.242. The molecule has 0 aliphatic rings. The SMILES string of the molecule is CC/C=C\C/C=C\C/C=C\C/C=C\CCCCCCC(=O)NC(COP(=O)([O-])OCC[N+](C)(C)C)C(O)/C=C/CC/C=C/CC/C=C/CCCC. The van der Waals surface area contributed by atoms with E-state index in [4.69, 9.17) is 9.05 Å². The molecule has 3 atom stereocenters. The molecule has 0 bridgehead atoms. The first kappa shape index (κ1) is 48.7. The van der Waals surface area contributed by atoms with Gasteiger partial charge in [0.15, 0.2) is 0 Å². The molecule has 2 N–H and O–H groups in total. The van der Waals surface area contributed by atoms with Gasteiger partial charge in [0.25, 0.3) is 7.82 Å². The largest absolute Gasteiger partial charge is 0.756 e. The van der Waals surface area contributed by atoms with Crippen molar-refractivity contribution in [2.45, 2.75) is 135 Å². The molecule has 0 aromatic heterocycles. The van der Waals surface area contributed by atoms with Crippen molar-refractivity contribution in [3.63, 3.8) is 0 Å². The van der Waals surface area contributed by atoms with Gasteiger partial charge in [-0.25, -0.2) is 0 Å². The Kier molecular flexibility index (Phi) is 32.0. The molecule has 51 heavy (non-hydrogen) atoms. The van der Waals surface area contributed by atoms with Crippen molar-refractivity contribution in [2.75, 3.05) is 40.9 Å². The van der Waals surface area contributed by atoms with Crippen molar-refractivity contribution in [2.24, 2.45) is 0 Å². The van der Waals surface area contributed by atoms with E-state index in [1.807, 2.05) is 27.2 Å². The smallest absolute Gasteiger partial charge is 0.268 e. The number of phosphoric acid groups is 1. The normalized spacial score (nSPS) is 15.5. The molecule has 0 aromatic carbocycles. The van der Waals surface area contributed by atoms with Crippen molar-refractivity contribution >= 4 is 13.7 Å². The van der Waals surface area contributed by atoms with Gasteiger partial charge in [-0.2, -0.15) is 0 Å². The summed E-state index contributed by atoms with van der Waals surface area (Å²) in [5, 5.41) is 13.6. The Hall–Kier alpha value is -2.32. The van der Waals surface area contributed by atoms with Crippen molar-refractivity contribution in [1.29, 1.82) is 0 Å². The molecule has 8 nitrogen and oxygen atoms in total. The van der Waals surface area contributed by atoms with Gasteiger partial charge in [-0.05, 0) is 77.0 Å². The number of nitrogens with zero attached hydrogens (tertiary/aromatic N) is 1. The standard InChI is InChI=1S/C42H73N2O6P/c1-6-8-10-12-14-16-18-20-21-22-23-24-26-28-30-32-34-36-42(46)43-40(39-50-51(47,48)49-38-37-44(3,4)5)41(45)35-33-31-29-27-25-19-17-15-13-11-9-7-2/h8,10,13-16,20-21,23-25,27,33,35,40-41,45H,6-7,9,11-12,17-19,22,26,28-32,34,36-39H2,1-5H3,(H-,43,46,47,48)/b10-8-,15-13+,16-14-,21-20-,24-23-,27-25+,35-33+. The molecule has 0 fully saturated rings. The van der Waals surface area contributed by atoms with Crippen LogP contribution >= 0.6 is 7.82 Å². The maximum Gasteiger partial charge on any atom is 0.268 e. The number of carbonyl (C=O) groups is 1. The third-order valence-electron chi connectivity index (χ3n) is 7.82. The van der Waals surface area contributed by atoms with Gasteiger partial charge < -0.3 is 28.8 Å². The number of aliphatic hydroxyl groups excluding tert-OH is 1. The van der Waals surface area contributed by atoms with Crippen LogP contribution in [-0.2, 0) is 18.4 Å². The molecular formula is C42H73N2O6P. The Morgan fingerprint density at radius 3 is 1.80 bits per heavy atom. The lowest BCUT2D eigenvalue weighted by Gasteiger charge is -2.29. The molecule has 0 heterocycles. The minimum absolute atomic E-state index is 0.0191. The van der Waals surface area contributed by atoms with Crippen molar-refractivity contribution in [3.8, 4) is 0 Å². The Morgan fingerprint density at radius 2 is 1.22 bits per heavy atom. The van der Waals surface area contributed by atoms with Crippen LogP contribution in [0.4, 0.5) is 0 Å². The molecule has 0 radical (unpaired) electrons. The third kappa shape index (κ3) is 35.9. The van der Waals surface area contributed by atoms with Gasteiger partial charge in [-0.3, -0.25) is 9.36 Å². The van der Waals surface area contributed by atoms with Crippen molar-refractivity contribution in [3.05, 3.63) is 85.1 Å². The predicted octanol–water partition coefficient (Wildman–Crippen LogP) is 9.60. The number of nitrogens with one attached hydrogen (secondary N) is 1. The summed E-state index contributed by atoms with van der Waals surface area (Å²) in [6, 6.07) is -0.925. The number of allylic oxidation sites excluding steroid dienone is 13. The first-order valence-electron chi connectivity index (χ1n) is 19.4. The minimum atomic E-state index is -4.60. The molecule has 0 aromatic rings. The lowest BCUT2D eigenvalue weighted by atomic mass is 10.1. The second-order valence-corrected chi connectivity index (χ2v) is 15.3. The van der Waals surface area contributed by atoms with Crippen LogP contribution in [0.5, 0.6) is 0 Å². The van der Waals surface area contributed by atoms with Gasteiger partial charge in [-0.15, -0.1) is 0 Å². The van der Waals surface area contributed by atoms with Crippen LogP contribution in [0, 0.1) is 0 Å². The van der Waals surface area contributed by atoms with E-state index in [0.29, 0.717) is 23.9 Å². The molecule has 0 spiro atoms. The van der Waals surface area contributed by atoms with Crippen LogP contribution in [0.25, 0.3) is 0 Å². The lowest BCUT2D eigenvalue weighted by Crippen LogP contribution is -2.45. The molecule has 0 saturated heterocycles. The van der Waals surface area contributed by atoms with Gasteiger partial charge in [0.2, 0.25) is 5.91 Å². The maximum absolute atomic E-state index is 12.8. The number of likely N-dealkylation sites (N-methyl/N-ethyl adjacent to an activating group) is 1. The van der Waals surface area contributed by atoms with Gasteiger partial charge in [0.1, 0.15) is 13.2 Å². The molecule has 292 valence electrons. The highest BCUT2D eigenvalue weighted by Crippen LogP contribution is 2.38. The van der Waals surface area contributed by atoms with Gasteiger partial charge in [0, 0.05) is 6.42 Å². The van der Waals surface area contributed by atoms with E-state index in [1.54, 1.807) is 6.08 Å². The summed E-state index contributed by atoms with van der Waals surface area (Å²) in [6.45, 7) is 4.39. The van der Waals surface area contributed by atoms with Gasteiger partial charge in [0.05, 0.1) is 39.9 Å². The highest BCUT2D eigenvalue weighted by molar-refractivity contribution is 7.45. The minimum Gasteiger partial charge on any atom is -0.756 e. The number of hydrogen-bond donors (Lipinski definition) is 2. The number of carbonyl (C=O) groups excluding carboxylic acids is 1. The topological polar surface area (TPSA) is 108 Å². The Labute approximate surface area is 312 Å². The number of unbranched alkanes of at least 4 members (excludes halogenated alkanes) is 8. The van der Waals surface area contributed by atoms with Gasteiger partial charge in [-0.1, -0.05) is 125 Å². The Balaban J connectivity index is 4.64. The maximum atomic E-state index is 12.8. The van der Waals surface area contributed by atoms with Crippen molar-refractivity contribution in [1.82, 2.24) is 5.32 Å². The highest BCUT2D eigenvalue weighted by atomic mass is 31.2. The van der Waals surface area contributed by atoms with Crippen LogP contribution in [0.2, 0.25) is 0 Å². The van der Waals surface area contributed by atoms with Crippen LogP contribution in [0.1, 0.15) is 123 Å². The fourth-order valence-corrected chi connectivity index (χ4v) is 5.41. The fraction of sp³-hybridized carbons (Fsp3) is 0.643. The zero-order valence-corrected chi connectivity index (χ0v) is 33.7. The summed E-state index contributed by atoms with van der Waals surface area (Å²) in [5.41, 5.74) is 0. The molecule has 0 saturated carbocycles. The monoisotopic (exact) mass is 733 g/mol. The number of phosphoric ester groups is 1. The zero-order valence-electron chi connectivity index (χ0n) is 32.8. The van der Waals surface area contributed by atoms with Gasteiger partial charge >= 0.3 is 0 Å². The molecule has 3 unspecified atom stereocenters. The fourth-order valence-electron chi connectivity index (χ4n) is 4.69. The number of aliphatic hydroxyl groups is 1. The Morgan fingerprint density at radius 1 is 0.706 bits per heavy atom. The molecular weight excluding hydrogens is 659 g/mol. The first-order valence-corrected chi connectivity index (χ1v) is 20.9. The van der Waals surface area contributed by atoms with Crippen LogP contribution in [-0.4, -0.2) is 68.5 Å². The summed E-state index contributed by atoms with van der Waals surface area (Å²) in [7, 11) is 1.20. The van der Waals surface area contributed by atoms with E-state index in [-0.39, 0.29) is 12.5 Å². The Bertz CT molecular complexity index is 1100. The molecule has 1 amide bonds. The summed E-state index contributed by atoms with van der Waals surface area (Å²) in [6.07, 6.45) is 44.9. The summed E-state index contributed by atoms with van der Waals surface area (Å²) < 4.78 is 23.0. The van der Waals surface area contributed by atoms with E-state index in [1.165, 1.54) is 12.8 Å².